The van der Waals surface area contributed by atoms with Gasteiger partial charge in [-0.1, -0.05) is 18.2 Å². The molecule has 1 aromatic heterocycles. The average Bonchev–Trinajstić information content (AvgIpc) is 3.23. The number of fused-ring (bicyclic) bond motifs is 1. The summed E-state index contributed by atoms with van der Waals surface area (Å²) in [6, 6.07) is 15.5. The SMILES string of the molecule is COc1cccc(C2(O)CCN(C[C@@H](O)COc3cccc4[nH]ccc34)CC2)c1. The number of methoxy groups -OCH3 is 1. The average molecular weight is 396 g/mol. The van der Waals surface area contributed by atoms with E-state index in [-0.39, 0.29) is 6.61 Å². The van der Waals surface area contributed by atoms with Crippen LogP contribution in [0.4, 0.5) is 0 Å². The number of hydrogen-bond acceptors (Lipinski definition) is 5. The Labute approximate surface area is 170 Å². The molecule has 0 amide bonds. The maximum atomic E-state index is 11.1. The first kappa shape index (κ1) is 19.8. The lowest BCUT2D eigenvalue weighted by atomic mass is 9.84. The monoisotopic (exact) mass is 396 g/mol. The lowest BCUT2D eigenvalue weighted by Gasteiger charge is -2.39. The Bertz CT molecular complexity index is 947. The number of aliphatic hydroxyl groups excluding tert-OH is 1. The Hall–Kier alpha value is -2.54. The zero-order valence-corrected chi connectivity index (χ0v) is 16.7. The van der Waals surface area contributed by atoms with Gasteiger partial charge in [0.1, 0.15) is 24.2 Å². The van der Waals surface area contributed by atoms with Gasteiger partial charge in [-0.15, -0.1) is 0 Å². The molecule has 29 heavy (non-hydrogen) atoms. The lowest BCUT2D eigenvalue weighted by Crippen LogP contribution is -2.46. The van der Waals surface area contributed by atoms with Crippen molar-refractivity contribution in [2.75, 3.05) is 33.4 Å². The number of likely N-dealkylation sites (tertiary alicyclic amines) is 1. The molecule has 4 rings (SSSR count). The molecule has 2 aromatic carbocycles. The Morgan fingerprint density at radius 2 is 1.93 bits per heavy atom. The standard InChI is InChI=1S/C23H28N2O4/c1-28-19-5-2-4-17(14-19)23(27)9-12-25(13-10-23)15-18(26)16-29-22-7-3-6-21-20(22)8-11-24-21/h2-8,11,14,18,24,26-27H,9-10,12-13,15-16H2,1H3/t18-/m1/s1. The van der Waals surface area contributed by atoms with Gasteiger partial charge in [0.15, 0.2) is 0 Å². The number of ether oxygens (including phenoxy) is 2. The van der Waals surface area contributed by atoms with Crippen molar-refractivity contribution in [1.29, 1.82) is 0 Å². The van der Waals surface area contributed by atoms with Crippen molar-refractivity contribution in [3.63, 3.8) is 0 Å². The molecule has 0 radical (unpaired) electrons. The maximum Gasteiger partial charge on any atom is 0.128 e. The van der Waals surface area contributed by atoms with Gasteiger partial charge in [0, 0.05) is 36.7 Å². The molecule has 0 aliphatic carbocycles. The smallest absolute Gasteiger partial charge is 0.128 e. The van der Waals surface area contributed by atoms with Crippen molar-refractivity contribution in [2.45, 2.75) is 24.5 Å². The molecular formula is C23H28N2O4. The molecule has 0 saturated carbocycles. The number of H-pyrrole nitrogens is 1. The summed E-state index contributed by atoms with van der Waals surface area (Å²) < 4.78 is 11.1. The van der Waals surface area contributed by atoms with Gasteiger partial charge < -0.3 is 29.6 Å². The summed E-state index contributed by atoms with van der Waals surface area (Å²) in [5.74, 6) is 1.53. The fourth-order valence-corrected chi connectivity index (χ4v) is 4.03. The highest BCUT2D eigenvalue weighted by molar-refractivity contribution is 5.85. The Morgan fingerprint density at radius 3 is 2.72 bits per heavy atom. The zero-order chi connectivity index (χ0) is 20.3. The highest BCUT2D eigenvalue weighted by Gasteiger charge is 2.34. The number of β-amino-alcohol motifs (C(OH)–C–C–N with tert-alkyl or cyclic N) is 1. The van der Waals surface area contributed by atoms with Crippen molar-refractivity contribution in [3.8, 4) is 11.5 Å². The molecule has 2 heterocycles. The Morgan fingerprint density at radius 1 is 1.14 bits per heavy atom. The topological polar surface area (TPSA) is 78.0 Å². The number of hydrogen-bond donors (Lipinski definition) is 3. The van der Waals surface area contributed by atoms with Crippen LogP contribution in [0, 0.1) is 0 Å². The summed E-state index contributed by atoms with van der Waals surface area (Å²) in [5.41, 5.74) is 1.06. The second-order valence-electron chi connectivity index (χ2n) is 7.72. The van der Waals surface area contributed by atoms with Gasteiger partial charge in [0.25, 0.3) is 0 Å². The van der Waals surface area contributed by atoms with Gasteiger partial charge in [-0.25, -0.2) is 0 Å². The van der Waals surface area contributed by atoms with Crippen LogP contribution >= 0.6 is 0 Å². The third-order valence-electron chi connectivity index (χ3n) is 5.75. The van der Waals surface area contributed by atoms with E-state index < -0.39 is 11.7 Å². The summed E-state index contributed by atoms with van der Waals surface area (Å²) in [5, 5.41) is 22.5. The number of nitrogens with zero attached hydrogens (tertiary/aromatic N) is 1. The maximum absolute atomic E-state index is 11.1. The second kappa shape index (κ2) is 8.45. The van der Waals surface area contributed by atoms with Crippen molar-refractivity contribution < 1.29 is 19.7 Å². The van der Waals surface area contributed by atoms with Crippen molar-refractivity contribution in [1.82, 2.24) is 9.88 Å². The molecule has 3 aromatic rings. The summed E-state index contributed by atoms with van der Waals surface area (Å²) in [7, 11) is 1.63. The van der Waals surface area contributed by atoms with Gasteiger partial charge in [-0.3, -0.25) is 0 Å². The van der Waals surface area contributed by atoms with Crippen LogP contribution in [0.25, 0.3) is 10.9 Å². The van der Waals surface area contributed by atoms with E-state index >= 15 is 0 Å². The summed E-state index contributed by atoms with van der Waals surface area (Å²) in [6.45, 7) is 2.20. The van der Waals surface area contributed by atoms with Crippen LogP contribution in [0.5, 0.6) is 11.5 Å². The number of nitrogens with one attached hydrogen (secondary N) is 1. The normalized spacial score (nSPS) is 17.9. The minimum atomic E-state index is -0.851. The number of piperidine rings is 1. The molecular weight excluding hydrogens is 368 g/mol. The third kappa shape index (κ3) is 4.40. The van der Waals surface area contributed by atoms with E-state index in [2.05, 4.69) is 9.88 Å². The zero-order valence-electron chi connectivity index (χ0n) is 16.7. The van der Waals surface area contributed by atoms with Crippen molar-refractivity contribution in [3.05, 3.63) is 60.3 Å². The van der Waals surface area contributed by atoms with Crippen LogP contribution in [0.2, 0.25) is 0 Å². The van der Waals surface area contributed by atoms with Gasteiger partial charge in [-0.2, -0.15) is 0 Å². The van der Waals surface area contributed by atoms with Crippen LogP contribution in [0.15, 0.2) is 54.7 Å². The van der Waals surface area contributed by atoms with Crippen LogP contribution in [-0.2, 0) is 5.60 Å². The van der Waals surface area contributed by atoms with Gasteiger partial charge in [-0.05, 0) is 48.7 Å². The molecule has 1 atom stereocenters. The number of aliphatic hydroxyl groups is 2. The molecule has 1 saturated heterocycles. The number of benzene rings is 2. The molecule has 0 bridgehead atoms. The van der Waals surface area contributed by atoms with Gasteiger partial charge in [0.05, 0.1) is 12.7 Å². The molecule has 6 heteroatoms. The number of aromatic nitrogens is 1. The molecule has 154 valence electrons. The van der Waals surface area contributed by atoms with Crippen LogP contribution in [0.3, 0.4) is 0 Å². The minimum Gasteiger partial charge on any atom is -0.497 e. The van der Waals surface area contributed by atoms with E-state index in [1.165, 1.54) is 0 Å². The van der Waals surface area contributed by atoms with Gasteiger partial charge in [0.2, 0.25) is 0 Å². The predicted octanol–water partition coefficient (Wildman–Crippen LogP) is 2.90. The molecule has 6 nitrogen and oxygen atoms in total. The largest absolute Gasteiger partial charge is 0.497 e. The predicted molar refractivity (Wildman–Crippen MR) is 112 cm³/mol. The van der Waals surface area contributed by atoms with Crippen molar-refractivity contribution in [2.24, 2.45) is 0 Å². The van der Waals surface area contributed by atoms with Crippen molar-refractivity contribution >= 4 is 10.9 Å². The van der Waals surface area contributed by atoms with Crippen LogP contribution in [-0.4, -0.2) is 59.6 Å². The molecule has 0 spiro atoms. The van der Waals surface area contributed by atoms with E-state index in [0.717, 1.165) is 41.1 Å². The quantitative estimate of drug-likeness (QED) is 0.572. The van der Waals surface area contributed by atoms with Gasteiger partial charge >= 0.3 is 0 Å². The lowest BCUT2D eigenvalue weighted by molar-refractivity contribution is -0.0373. The molecule has 3 N–H and O–H groups in total. The first-order valence-electron chi connectivity index (χ1n) is 10.0. The summed E-state index contributed by atoms with van der Waals surface area (Å²) in [6.07, 6.45) is 2.53. The first-order valence-corrected chi connectivity index (χ1v) is 10.0. The van der Waals surface area contributed by atoms with E-state index in [1.54, 1.807) is 7.11 Å². The van der Waals surface area contributed by atoms with E-state index in [4.69, 9.17) is 9.47 Å². The Kier molecular flexibility index (Phi) is 5.76. The van der Waals surface area contributed by atoms with Crippen LogP contribution in [0.1, 0.15) is 18.4 Å². The number of rotatable bonds is 7. The fourth-order valence-electron chi connectivity index (χ4n) is 4.03. The Balaban J connectivity index is 1.29. The second-order valence-corrected chi connectivity index (χ2v) is 7.72. The highest BCUT2D eigenvalue weighted by Crippen LogP contribution is 2.34. The molecule has 1 fully saturated rings. The van der Waals surface area contributed by atoms with E-state index in [1.807, 2.05) is 54.7 Å². The summed E-state index contributed by atoms with van der Waals surface area (Å²) >= 11 is 0. The number of aromatic amines is 1. The highest BCUT2D eigenvalue weighted by atomic mass is 16.5. The molecule has 0 unspecified atom stereocenters. The van der Waals surface area contributed by atoms with E-state index in [9.17, 15) is 10.2 Å². The molecule has 1 aliphatic heterocycles. The fraction of sp³-hybridized carbons (Fsp3) is 0.391. The third-order valence-corrected chi connectivity index (χ3v) is 5.75. The first-order chi connectivity index (χ1) is 14.1. The van der Waals surface area contributed by atoms with E-state index in [0.29, 0.717) is 19.4 Å². The summed E-state index contributed by atoms with van der Waals surface area (Å²) in [4.78, 5) is 5.34. The van der Waals surface area contributed by atoms with Crippen LogP contribution < -0.4 is 9.47 Å². The molecule has 1 aliphatic rings. The minimum absolute atomic E-state index is 0.237.